The van der Waals surface area contributed by atoms with Gasteiger partial charge in [0, 0.05) is 4.47 Å². The summed E-state index contributed by atoms with van der Waals surface area (Å²) in [6.07, 6.45) is -0.459. The Balaban J connectivity index is 2.41. The molecule has 4 nitrogen and oxygen atoms in total. The van der Waals surface area contributed by atoms with Crippen LogP contribution in [-0.4, -0.2) is 24.8 Å². The predicted molar refractivity (Wildman–Crippen MR) is 83.6 cm³/mol. The van der Waals surface area contributed by atoms with Gasteiger partial charge in [-0.1, -0.05) is 27.5 Å². The Morgan fingerprint density at radius 1 is 1.40 bits per heavy atom. The number of aryl methyl sites for hydroxylation is 1. The Hall–Kier alpha value is -0.940. The maximum Gasteiger partial charge on any atom is 0.407 e. The molecule has 1 rings (SSSR count). The zero-order valence-electron chi connectivity index (χ0n) is 12.0. The average molecular weight is 365 g/mol. The molecule has 0 fully saturated rings. The summed E-state index contributed by atoms with van der Waals surface area (Å²) in [5.41, 5.74) is 0.429. The van der Waals surface area contributed by atoms with E-state index in [0.717, 1.165) is 10.0 Å². The number of carbonyl (C=O) groups is 1. The van der Waals surface area contributed by atoms with Crippen molar-refractivity contribution < 1.29 is 14.3 Å². The van der Waals surface area contributed by atoms with E-state index in [9.17, 15) is 4.79 Å². The Bertz CT molecular complexity index is 463. The highest BCUT2D eigenvalue weighted by Crippen LogP contribution is 2.31. The van der Waals surface area contributed by atoms with E-state index in [-0.39, 0.29) is 0 Å². The molecule has 0 aliphatic carbocycles. The summed E-state index contributed by atoms with van der Waals surface area (Å²) in [6, 6.07) is 3.69. The molecule has 0 radical (unpaired) electrons. The molecular weight excluding hydrogens is 346 g/mol. The van der Waals surface area contributed by atoms with Crippen LogP contribution in [0.2, 0.25) is 5.02 Å². The number of ether oxygens (including phenoxy) is 2. The van der Waals surface area contributed by atoms with Crippen molar-refractivity contribution in [3.05, 3.63) is 27.2 Å². The Labute approximate surface area is 132 Å². The highest BCUT2D eigenvalue weighted by atomic mass is 79.9. The summed E-state index contributed by atoms with van der Waals surface area (Å²) >= 11 is 9.46. The maximum atomic E-state index is 11.4. The Morgan fingerprint density at radius 3 is 2.60 bits per heavy atom. The van der Waals surface area contributed by atoms with Gasteiger partial charge in [-0.3, -0.25) is 0 Å². The van der Waals surface area contributed by atoms with E-state index in [1.165, 1.54) is 0 Å². The first-order chi connectivity index (χ1) is 9.19. The van der Waals surface area contributed by atoms with Crippen LogP contribution in [0.1, 0.15) is 26.3 Å². The van der Waals surface area contributed by atoms with E-state index in [0.29, 0.717) is 23.9 Å². The van der Waals surface area contributed by atoms with Crippen LogP contribution < -0.4 is 10.1 Å². The number of hydrogen-bond donors (Lipinski definition) is 1. The number of rotatable bonds is 4. The monoisotopic (exact) mass is 363 g/mol. The number of hydrogen-bond acceptors (Lipinski definition) is 3. The molecular formula is C14H19BrClNO3. The lowest BCUT2D eigenvalue weighted by molar-refractivity contribution is 0.0520. The van der Waals surface area contributed by atoms with Crippen molar-refractivity contribution >= 4 is 33.6 Å². The van der Waals surface area contributed by atoms with Crippen LogP contribution in [0.3, 0.4) is 0 Å². The lowest BCUT2D eigenvalue weighted by Crippen LogP contribution is -2.34. The molecule has 0 bridgehead atoms. The van der Waals surface area contributed by atoms with Gasteiger partial charge in [-0.25, -0.2) is 4.79 Å². The summed E-state index contributed by atoms with van der Waals surface area (Å²) in [6.45, 7) is 8.02. The molecule has 1 aromatic carbocycles. The van der Waals surface area contributed by atoms with Gasteiger partial charge in [-0.05, 0) is 45.4 Å². The molecule has 0 spiro atoms. The van der Waals surface area contributed by atoms with Crippen molar-refractivity contribution in [1.29, 1.82) is 0 Å². The smallest absolute Gasteiger partial charge is 0.407 e. The number of halogens is 2. The minimum Gasteiger partial charge on any atom is -0.490 e. The lowest BCUT2D eigenvalue weighted by Gasteiger charge is -2.19. The highest BCUT2D eigenvalue weighted by Gasteiger charge is 2.15. The second kappa shape index (κ2) is 7.18. The zero-order valence-corrected chi connectivity index (χ0v) is 14.4. The van der Waals surface area contributed by atoms with Crippen molar-refractivity contribution in [2.24, 2.45) is 0 Å². The number of benzene rings is 1. The van der Waals surface area contributed by atoms with E-state index >= 15 is 0 Å². The molecule has 0 saturated heterocycles. The first-order valence-corrected chi connectivity index (χ1v) is 7.41. The molecule has 0 aliphatic heterocycles. The molecule has 0 aromatic heterocycles. The van der Waals surface area contributed by atoms with Gasteiger partial charge in [0.2, 0.25) is 0 Å². The van der Waals surface area contributed by atoms with Crippen molar-refractivity contribution in [2.45, 2.75) is 33.3 Å². The summed E-state index contributed by atoms with van der Waals surface area (Å²) in [5, 5.41) is 3.16. The number of alkyl carbamates (subject to hydrolysis) is 1. The molecule has 0 atom stereocenters. The Kier molecular flexibility index (Phi) is 6.14. The summed E-state index contributed by atoms with van der Waals surface area (Å²) in [4.78, 5) is 11.4. The fourth-order valence-corrected chi connectivity index (χ4v) is 2.52. The quantitative estimate of drug-likeness (QED) is 0.810. The van der Waals surface area contributed by atoms with Crippen LogP contribution in [-0.2, 0) is 4.74 Å². The normalized spacial score (nSPS) is 11.1. The van der Waals surface area contributed by atoms with Crippen LogP contribution in [0.15, 0.2) is 16.6 Å². The fourth-order valence-electron chi connectivity index (χ4n) is 1.49. The second-order valence-corrected chi connectivity index (χ2v) is 6.63. The van der Waals surface area contributed by atoms with Gasteiger partial charge in [0.15, 0.2) is 0 Å². The summed E-state index contributed by atoms with van der Waals surface area (Å²) in [7, 11) is 0. The summed E-state index contributed by atoms with van der Waals surface area (Å²) < 4.78 is 11.6. The zero-order chi connectivity index (χ0) is 15.3. The van der Waals surface area contributed by atoms with Gasteiger partial charge in [0.05, 0.1) is 11.6 Å². The molecule has 0 unspecified atom stereocenters. The van der Waals surface area contributed by atoms with E-state index in [4.69, 9.17) is 21.1 Å². The van der Waals surface area contributed by atoms with Crippen LogP contribution >= 0.6 is 27.5 Å². The van der Waals surface area contributed by atoms with Crippen molar-refractivity contribution in [3.8, 4) is 5.75 Å². The fraction of sp³-hybridized carbons (Fsp3) is 0.500. The van der Waals surface area contributed by atoms with E-state index in [1.807, 2.05) is 33.8 Å². The number of carbonyl (C=O) groups excluding carboxylic acids is 1. The molecule has 112 valence electrons. The third kappa shape index (κ3) is 6.01. The summed E-state index contributed by atoms with van der Waals surface area (Å²) in [5.74, 6) is 0.626. The molecule has 1 N–H and O–H groups in total. The molecule has 0 aliphatic rings. The van der Waals surface area contributed by atoms with Gasteiger partial charge >= 0.3 is 6.09 Å². The minimum absolute atomic E-state index is 0.321. The number of nitrogens with one attached hydrogen (secondary N) is 1. The van der Waals surface area contributed by atoms with Crippen LogP contribution in [0, 0.1) is 6.92 Å². The largest absolute Gasteiger partial charge is 0.490 e. The van der Waals surface area contributed by atoms with Crippen molar-refractivity contribution in [1.82, 2.24) is 5.32 Å². The topological polar surface area (TPSA) is 47.6 Å². The van der Waals surface area contributed by atoms with E-state index < -0.39 is 11.7 Å². The van der Waals surface area contributed by atoms with Gasteiger partial charge in [0.1, 0.15) is 18.0 Å². The first kappa shape index (κ1) is 17.1. The second-order valence-electron chi connectivity index (χ2n) is 5.31. The van der Waals surface area contributed by atoms with Crippen LogP contribution in [0.4, 0.5) is 4.79 Å². The first-order valence-electron chi connectivity index (χ1n) is 6.24. The third-order valence-corrected chi connectivity index (χ3v) is 2.95. The van der Waals surface area contributed by atoms with Gasteiger partial charge in [-0.15, -0.1) is 0 Å². The van der Waals surface area contributed by atoms with E-state index in [2.05, 4.69) is 21.2 Å². The van der Waals surface area contributed by atoms with E-state index in [1.54, 1.807) is 6.07 Å². The van der Waals surface area contributed by atoms with Crippen LogP contribution in [0.25, 0.3) is 0 Å². The van der Waals surface area contributed by atoms with Crippen molar-refractivity contribution in [2.75, 3.05) is 13.2 Å². The number of amides is 1. The van der Waals surface area contributed by atoms with Gasteiger partial charge < -0.3 is 14.8 Å². The highest BCUT2D eigenvalue weighted by molar-refractivity contribution is 9.10. The molecule has 0 saturated carbocycles. The van der Waals surface area contributed by atoms with Crippen LogP contribution in [0.5, 0.6) is 5.75 Å². The Morgan fingerprint density at radius 2 is 2.05 bits per heavy atom. The third-order valence-electron chi connectivity index (χ3n) is 2.21. The SMILES string of the molecule is Cc1cc(Br)cc(Cl)c1OCCNC(=O)OC(C)(C)C. The van der Waals surface area contributed by atoms with Gasteiger partial charge in [-0.2, -0.15) is 0 Å². The molecule has 1 aromatic rings. The van der Waals surface area contributed by atoms with Crippen molar-refractivity contribution in [3.63, 3.8) is 0 Å². The van der Waals surface area contributed by atoms with Gasteiger partial charge in [0.25, 0.3) is 0 Å². The molecule has 20 heavy (non-hydrogen) atoms. The predicted octanol–water partition coefficient (Wildman–Crippen LogP) is 4.31. The maximum absolute atomic E-state index is 11.4. The average Bonchev–Trinajstić information content (AvgIpc) is 2.23. The molecule has 0 heterocycles. The molecule has 1 amide bonds. The standard InChI is InChI=1S/C14H19BrClNO3/c1-9-7-10(15)8-11(16)12(9)19-6-5-17-13(18)20-14(2,3)4/h7-8H,5-6H2,1-4H3,(H,17,18). The minimum atomic E-state index is -0.503. The molecule has 6 heteroatoms. The lowest BCUT2D eigenvalue weighted by atomic mass is 10.2.